The van der Waals surface area contributed by atoms with E-state index in [1.165, 1.54) is 11.1 Å². The van der Waals surface area contributed by atoms with Gasteiger partial charge in [-0.3, -0.25) is 4.79 Å². The van der Waals surface area contributed by atoms with Crippen molar-refractivity contribution in [2.24, 2.45) is 0 Å². The number of amides is 1. The first kappa shape index (κ1) is 12.6. The van der Waals surface area contributed by atoms with Crippen LogP contribution in [0.2, 0.25) is 0 Å². The Labute approximate surface area is 107 Å². The maximum atomic E-state index is 11.8. The second-order valence-corrected chi connectivity index (χ2v) is 5.02. The minimum atomic E-state index is 0.0162. The van der Waals surface area contributed by atoms with E-state index < -0.39 is 0 Å². The fourth-order valence-electron chi connectivity index (χ4n) is 1.96. The number of aromatic nitrogens is 2. The SMILES string of the molecule is Cc1cc2ncn(CC(=O)NC(C)C)c2cc1C. The lowest BCUT2D eigenvalue weighted by molar-refractivity contribution is -0.122. The summed E-state index contributed by atoms with van der Waals surface area (Å²) in [4.78, 5) is 16.1. The number of nitrogens with one attached hydrogen (secondary N) is 1. The van der Waals surface area contributed by atoms with Gasteiger partial charge < -0.3 is 9.88 Å². The molecule has 2 rings (SSSR count). The van der Waals surface area contributed by atoms with Gasteiger partial charge in [0.15, 0.2) is 0 Å². The molecule has 1 aromatic heterocycles. The number of hydrogen-bond donors (Lipinski definition) is 1. The van der Waals surface area contributed by atoms with Gasteiger partial charge in [-0.25, -0.2) is 4.98 Å². The van der Waals surface area contributed by atoms with Gasteiger partial charge in [0.25, 0.3) is 0 Å². The summed E-state index contributed by atoms with van der Waals surface area (Å²) in [7, 11) is 0. The summed E-state index contributed by atoms with van der Waals surface area (Å²) in [6.45, 7) is 8.37. The van der Waals surface area contributed by atoms with Crippen molar-refractivity contribution >= 4 is 16.9 Å². The molecule has 18 heavy (non-hydrogen) atoms. The van der Waals surface area contributed by atoms with E-state index in [1.807, 2.05) is 18.4 Å². The number of benzene rings is 1. The number of imidazole rings is 1. The van der Waals surface area contributed by atoms with Gasteiger partial charge >= 0.3 is 0 Å². The summed E-state index contributed by atoms with van der Waals surface area (Å²) in [6, 6.07) is 4.30. The van der Waals surface area contributed by atoms with E-state index in [2.05, 4.69) is 36.3 Å². The van der Waals surface area contributed by atoms with Gasteiger partial charge in [-0.1, -0.05) is 0 Å². The zero-order chi connectivity index (χ0) is 13.3. The molecule has 0 fully saturated rings. The molecule has 1 amide bonds. The molecule has 96 valence electrons. The van der Waals surface area contributed by atoms with Crippen molar-refractivity contribution in [2.45, 2.75) is 40.3 Å². The Balaban J connectivity index is 2.29. The predicted octanol–water partition coefficient (Wildman–Crippen LogP) is 2.18. The summed E-state index contributed by atoms with van der Waals surface area (Å²) >= 11 is 0. The fourth-order valence-corrected chi connectivity index (χ4v) is 1.96. The molecule has 1 heterocycles. The Hall–Kier alpha value is -1.84. The Bertz CT molecular complexity index is 584. The van der Waals surface area contributed by atoms with E-state index in [4.69, 9.17) is 0 Å². The van der Waals surface area contributed by atoms with Gasteiger partial charge in [0.2, 0.25) is 5.91 Å². The zero-order valence-electron chi connectivity index (χ0n) is 11.3. The number of aryl methyl sites for hydroxylation is 2. The highest BCUT2D eigenvalue weighted by molar-refractivity contribution is 5.81. The number of nitrogens with zero attached hydrogens (tertiary/aromatic N) is 2. The van der Waals surface area contributed by atoms with Gasteiger partial charge in [-0.2, -0.15) is 0 Å². The highest BCUT2D eigenvalue weighted by Gasteiger charge is 2.09. The molecule has 0 radical (unpaired) electrons. The Kier molecular flexibility index (Phi) is 3.36. The second-order valence-electron chi connectivity index (χ2n) is 5.02. The molecule has 0 bridgehead atoms. The van der Waals surface area contributed by atoms with E-state index in [1.54, 1.807) is 6.33 Å². The Morgan fingerprint density at radius 1 is 1.33 bits per heavy atom. The number of rotatable bonds is 3. The smallest absolute Gasteiger partial charge is 0.240 e. The molecular weight excluding hydrogens is 226 g/mol. The van der Waals surface area contributed by atoms with E-state index in [9.17, 15) is 4.79 Å². The van der Waals surface area contributed by atoms with Crippen molar-refractivity contribution in [1.82, 2.24) is 14.9 Å². The molecule has 0 atom stereocenters. The summed E-state index contributed by atoms with van der Waals surface area (Å²) in [5.74, 6) is 0.0162. The lowest BCUT2D eigenvalue weighted by Crippen LogP contribution is -2.32. The summed E-state index contributed by atoms with van der Waals surface area (Å²) in [5.41, 5.74) is 4.39. The van der Waals surface area contributed by atoms with Crippen LogP contribution in [0.1, 0.15) is 25.0 Å². The lowest BCUT2D eigenvalue weighted by Gasteiger charge is -2.09. The molecular formula is C14H19N3O. The molecule has 1 N–H and O–H groups in total. The number of hydrogen-bond acceptors (Lipinski definition) is 2. The maximum absolute atomic E-state index is 11.8. The first-order chi connectivity index (χ1) is 8.47. The maximum Gasteiger partial charge on any atom is 0.240 e. The van der Waals surface area contributed by atoms with Crippen molar-refractivity contribution in [1.29, 1.82) is 0 Å². The minimum absolute atomic E-state index is 0.0162. The Morgan fingerprint density at radius 3 is 2.67 bits per heavy atom. The highest BCUT2D eigenvalue weighted by Crippen LogP contribution is 2.18. The zero-order valence-corrected chi connectivity index (χ0v) is 11.3. The van der Waals surface area contributed by atoms with Crippen LogP contribution in [0.4, 0.5) is 0 Å². The van der Waals surface area contributed by atoms with Gasteiger partial charge in [-0.15, -0.1) is 0 Å². The van der Waals surface area contributed by atoms with Crippen LogP contribution >= 0.6 is 0 Å². The first-order valence-electron chi connectivity index (χ1n) is 6.19. The van der Waals surface area contributed by atoms with E-state index in [-0.39, 0.29) is 11.9 Å². The van der Waals surface area contributed by atoms with Crippen molar-refractivity contribution in [3.63, 3.8) is 0 Å². The van der Waals surface area contributed by atoms with Crippen molar-refractivity contribution in [3.05, 3.63) is 29.6 Å². The van der Waals surface area contributed by atoms with Gasteiger partial charge in [0, 0.05) is 6.04 Å². The van der Waals surface area contributed by atoms with Gasteiger partial charge in [0.05, 0.1) is 17.4 Å². The molecule has 1 aromatic carbocycles. The average Bonchev–Trinajstić information content (AvgIpc) is 2.61. The number of carbonyl (C=O) groups is 1. The van der Waals surface area contributed by atoms with Crippen molar-refractivity contribution in [2.75, 3.05) is 0 Å². The van der Waals surface area contributed by atoms with Crippen molar-refractivity contribution < 1.29 is 4.79 Å². The normalized spacial score (nSPS) is 11.2. The first-order valence-corrected chi connectivity index (χ1v) is 6.19. The molecule has 2 aromatic rings. The van der Waals surface area contributed by atoms with E-state index >= 15 is 0 Å². The molecule has 4 nitrogen and oxygen atoms in total. The third kappa shape index (κ3) is 2.53. The molecule has 0 aliphatic heterocycles. The molecule has 0 aliphatic rings. The van der Waals surface area contributed by atoms with Gasteiger partial charge in [0.1, 0.15) is 6.54 Å². The van der Waals surface area contributed by atoms with Crippen LogP contribution in [0.5, 0.6) is 0 Å². The largest absolute Gasteiger partial charge is 0.352 e. The lowest BCUT2D eigenvalue weighted by atomic mass is 10.1. The molecule has 0 saturated carbocycles. The fraction of sp³-hybridized carbons (Fsp3) is 0.429. The van der Waals surface area contributed by atoms with Crippen LogP contribution in [0.15, 0.2) is 18.5 Å². The quantitative estimate of drug-likeness (QED) is 0.901. The summed E-state index contributed by atoms with van der Waals surface area (Å²) in [5, 5.41) is 2.88. The van der Waals surface area contributed by atoms with E-state index in [0.29, 0.717) is 6.54 Å². The molecule has 0 unspecified atom stereocenters. The molecule has 0 spiro atoms. The molecule has 0 saturated heterocycles. The predicted molar refractivity (Wildman–Crippen MR) is 72.5 cm³/mol. The number of carbonyl (C=O) groups excluding carboxylic acids is 1. The van der Waals surface area contributed by atoms with Crippen LogP contribution in [-0.2, 0) is 11.3 Å². The Morgan fingerprint density at radius 2 is 2.00 bits per heavy atom. The average molecular weight is 245 g/mol. The highest BCUT2D eigenvalue weighted by atomic mass is 16.2. The molecule has 4 heteroatoms. The van der Waals surface area contributed by atoms with Crippen LogP contribution in [0.25, 0.3) is 11.0 Å². The van der Waals surface area contributed by atoms with Crippen LogP contribution in [0.3, 0.4) is 0 Å². The van der Waals surface area contributed by atoms with Crippen LogP contribution < -0.4 is 5.32 Å². The number of fused-ring (bicyclic) bond motifs is 1. The molecule has 0 aliphatic carbocycles. The third-order valence-electron chi connectivity index (χ3n) is 3.00. The summed E-state index contributed by atoms with van der Waals surface area (Å²) in [6.07, 6.45) is 1.73. The standard InChI is InChI=1S/C14H19N3O/c1-9(2)16-14(18)7-17-8-15-12-5-10(3)11(4)6-13(12)17/h5-6,8-9H,7H2,1-4H3,(H,16,18). The summed E-state index contributed by atoms with van der Waals surface area (Å²) < 4.78 is 1.89. The third-order valence-corrected chi connectivity index (χ3v) is 3.00. The van der Waals surface area contributed by atoms with Crippen molar-refractivity contribution in [3.8, 4) is 0 Å². The van der Waals surface area contributed by atoms with E-state index in [0.717, 1.165) is 11.0 Å². The topological polar surface area (TPSA) is 46.9 Å². The second kappa shape index (κ2) is 4.80. The minimum Gasteiger partial charge on any atom is -0.352 e. The van der Waals surface area contributed by atoms with Crippen LogP contribution in [0, 0.1) is 13.8 Å². The monoisotopic (exact) mass is 245 g/mol. The van der Waals surface area contributed by atoms with Gasteiger partial charge in [-0.05, 0) is 51.0 Å². The van der Waals surface area contributed by atoms with Crippen LogP contribution in [-0.4, -0.2) is 21.5 Å².